The summed E-state index contributed by atoms with van der Waals surface area (Å²) in [4.78, 5) is 0. The van der Waals surface area contributed by atoms with E-state index in [0.29, 0.717) is 15.6 Å². The first-order chi connectivity index (χ1) is 8.84. The fraction of sp³-hybridized carbons (Fsp3) is 0. The summed E-state index contributed by atoms with van der Waals surface area (Å²) in [7, 11) is 0. The van der Waals surface area contributed by atoms with Gasteiger partial charge >= 0.3 is 0 Å². The molecule has 0 saturated heterocycles. The monoisotopic (exact) mass is 260 g/mol. The SMILES string of the molecule is [2H]c1c([2H])c([2H])c(-c2ccc(Cl)c(Cl)c2)c(Cl)c1[2H]. The lowest BCUT2D eigenvalue weighted by Gasteiger charge is -2.05. The molecule has 3 heteroatoms. The van der Waals surface area contributed by atoms with Crippen molar-refractivity contribution in [2.24, 2.45) is 0 Å². The molecule has 0 aliphatic carbocycles. The van der Waals surface area contributed by atoms with E-state index in [9.17, 15) is 0 Å². The Bertz CT molecular complexity index is 642. The van der Waals surface area contributed by atoms with Gasteiger partial charge in [0.2, 0.25) is 0 Å². The van der Waals surface area contributed by atoms with E-state index >= 15 is 0 Å². The zero-order valence-corrected chi connectivity index (χ0v) is 9.63. The normalized spacial score (nSPS) is 14.1. The summed E-state index contributed by atoms with van der Waals surface area (Å²) >= 11 is 17.7. The maximum atomic E-state index is 7.88. The van der Waals surface area contributed by atoms with Gasteiger partial charge in [-0.05, 0) is 23.7 Å². The number of halogens is 3. The molecule has 2 aromatic rings. The Labute approximate surface area is 109 Å². The Balaban J connectivity index is 2.79. The quantitative estimate of drug-likeness (QED) is 0.652. The van der Waals surface area contributed by atoms with Crippen LogP contribution in [0.5, 0.6) is 0 Å². The van der Waals surface area contributed by atoms with E-state index in [0.717, 1.165) is 0 Å². The van der Waals surface area contributed by atoms with Crippen LogP contribution in [0, 0.1) is 0 Å². The molecule has 0 spiro atoms. The van der Waals surface area contributed by atoms with E-state index in [-0.39, 0.29) is 34.8 Å². The molecule has 0 aliphatic rings. The van der Waals surface area contributed by atoms with Crippen LogP contribution in [0.25, 0.3) is 11.1 Å². The van der Waals surface area contributed by atoms with E-state index < -0.39 is 0 Å². The molecule has 0 aromatic heterocycles. The van der Waals surface area contributed by atoms with E-state index in [4.69, 9.17) is 40.3 Å². The van der Waals surface area contributed by atoms with Crippen LogP contribution in [0.15, 0.2) is 42.4 Å². The minimum atomic E-state index is -0.362. The van der Waals surface area contributed by atoms with Crippen molar-refractivity contribution >= 4 is 34.8 Å². The molecule has 15 heavy (non-hydrogen) atoms. The number of benzene rings is 2. The van der Waals surface area contributed by atoms with Crippen LogP contribution in [-0.2, 0) is 0 Å². The van der Waals surface area contributed by atoms with Gasteiger partial charge in [0.05, 0.1) is 15.5 Å². The lowest BCUT2D eigenvalue weighted by molar-refractivity contribution is 1.62. The van der Waals surface area contributed by atoms with Crippen molar-refractivity contribution in [2.45, 2.75) is 0 Å². The second-order valence-electron chi connectivity index (χ2n) is 2.82. The molecule has 2 aromatic carbocycles. The van der Waals surface area contributed by atoms with Crippen LogP contribution in [0.3, 0.4) is 0 Å². The first-order valence-corrected chi connectivity index (χ1v) is 5.19. The molecule has 0 bridgehead atoms. The van der Waals surface area contributed by atoms with Gasteiger partial charge in [-0.2, -0.15) is 0 Å². The lowest BCUT2D eigenvalue weighted by Crippen LogP contribution is -1.79. The van der Waals surface area contributed by atoms with Gasteiger partial charge in [-0.25, -0.2) is 0 Å². The van der Waals surface area contributed by atoms with Crippen LogP contribution in [0.1, 0.15) is 5.48 Å². The average molecular weight is 262 g/mol. The summed E-state index contributed by atoms with van der Waals surface area (Å²) in [5, 5.41) is 0.620. The molecule has 0 atom stereocenters. The largest absolute Gasteiger partial charge is 0.0837 e. The average Bonchev–Trinajstić information content (AvgIpc) is 2.38. The Morgan fingerprint density at radius 3 is 2.33 bits per heavy atom. The fourth-order valence-corrected chi connectivity index (χ4v) is 1.65. The van der Waals surface area contributed by atoms with Crippen LogP contribution >= 0.6 is 34.8 Å². The van der Waals surface area contributed by atoms with Gasteiger partial charge in [-0.1, -0.05) is 59.0 Å². The summed E-state index contributed by atoms with van der Waals surface area (Å²) in [6.45, 7) is 0. The Hall–Kier alpha value is -0.690. The van der Waals surface area contributed by atoms with Gasteiger partial charge in [0.25, 0.3) is 0 Å². The van der Waals surface area contributed by atoms with E-state index in [1.807, 2.05) is 0 Å². The van der Waals surface area contributed by atoms with Gasteiger partial charge in [0, 0.05) is 10.6 Å². The predicted octanol–water partition coefficient (Wildman–Crippen LogP) is 5.31. The topological polar surface area (TPSA) is 0 Å². The van der Waals surface area contributed by atoms with E-state index in [2.05, 4.69) is 0 Å². The maximum absolute atomic E-state index is 7.88. The number of hydrogen-bond acceptors (Lipinski definition) is 0. The van der Waals surface area contributed by atoms with Crippen molar-refractivity contribution < 1.29 is 5.48 Å². The Kier molecular flexibility index (Phi) is 2.01. The second-order valence-corrected chi connectivity index (χ2v) is 4.01. The zero-order valence-electron chi connectivity index (χ0n) is 11.4. The molecule has 0 N–H and O–H groups in total. The van der Waals surface area contributed by atoms with Crippen LogP contribution in [0.2, 0.25) is 15.1 Å². The summed E-state index contributed by atoms with van der Waals surface area (Å²) < 4.78 is 30.8. The fourth-order valence-electron chi connectivity index (χ4n) is 1.15. The first-order valence-electron chi connectivity index (χ1n) is 6.05. The van der Waals surface area contributed by atoms with Crippen molar-refractivity contribution in [3.8, 4) is 11.1 Å². The first kappa shape index (κ1) is 6.80. The third-order valence-corrected chi connectivity index (χ3v) is 2.87. The van der Waals surface area contributed by atoms with Crippen molar-refractivity contribution in [2.75, 3.05) is 0 Å². The molecular formula is C12H7Cl3. The van der Waals surface area contributed by atoms with E-state index in [1.54, 1.807) is 12.1 Å². The van der Waals surface area contributed by atoms with E-state index in [1.165, 1.54) is 6.07 Å². The third kappa shape index (κ3) is 2.28. The minimum absolute atomic E-state index is 0.0376. The van der Waals surface area contributed by atoms with Crippen molar-refractivity contribution in [1.82, 2.24) is 0 Å². The number of hydrogen-bond donors (Lipinski definition) is 0. The standard InChI is InChI=1S/C12H7Cl3/c13-10-4-2-1-3-9(10)8-5-6-11(14)12(15)7-8/h1-7H/i1D,2D,3D,4D. The van der Waals surface area contributed by atoms with Gasteiger partial charge in [-0.3, -0.25) is 0 Å². The second kappa shape index (κ2) is 4.44. The van der Waals surface area contributed by atoms with Gasteiger partial charge in [0.15, 0.2) is 0 Å². The highest BCUT2D eigenvalue weighted by molar-refractivity contribution is 6.42. The third-order valence-electron chi connectivity index (χ3n) is 1.85. The van der Waals surface area contributed by atoms with Crippen molar-refractivity contribution in [3.05, 3.63) is 57.4 Å². The molecule has 0 fully saturated rings. The molecule has 0 unspecified atom stereocenters. The molecule has 76 valence electrons. The zero-order chi connectivity index (χ0) is 14.3. The highest BCUT2D eigenvalue weighted by atomic mass is 35.5. The van der Waals surface area contributed by atoms with Crippen molar-refractivity contribution in [1.29, 1.82) is 0 Å². The van der Waals surface area contributed by atoms with Crippen LogP contribution in [0.4, 0.5) is 0 Å². The van der Waals surface area contributed by atoms with Crippen LogP contribution < -0.4 is 0 Å². The molecule has 2 rings (SSSR count). The molecular weight excluding hydrogens is 250 g/mol. The summed E-state index contributed by atoms with van der Waals surface area (Å²) in [6, 6.07) is 3.50. The molecule has 0 saturated carbocycles. The Morgan fingerprint density at radius 2 is 1.60 bits per heavy atom. The predicted molar refractivity (Wildman–Crippen MR) is 66.9 cm³/mol. The molecule has 0 radical (unpaired) electrons. The van der Waals surface area contributed by atoms with Gasteiger partial charge in [0.1, 0.15) is 0 Å². The molecule has 0 nitrogen and oxygen atoms in total. The highest BCUT2D eigenvalue weighted by Crippen LogP contribution is 2.32. The summed E-state index contributed by atoms with van der Waals surface area (Å²) in [6.07, 6.45) is 0. The lowest BCUT2D eigenvalue weighted by atomic mass is 10.1. The number of rotatable bonds is 1. The van der Waals surface area contributed by atoms with Gasteiger partial charge < -0.3 is 0 Å². The van der Waals surface area contributed by atoms with Gasteiger partial charge in [-0.15, -0.1) is 0 Å². The minimum Gasteiger partial charge on any atom is -0.0837 e. The molecule has 0 amide bonds. The highest BCUT2D eigenvalue weighted by Gasteiger charge is 2.04. The maximum Gasteiger partial charge on any atom is 0.0639 e. The Morgan fingerprint density at radius 1 is 0.867 bits per heavy atom. The summed E-state index contributed by atoms with van der Waals surface area (Å²) in [5.74, 6) is 0. The summed E-state index contributed by atoms with van der Waals surface area (Å²) in [5.41, 5.74) is 0.706. The molecule has 0 aliphatic heterocycles. The smallest absolute Gasteiger partial charge is 0.0639 e. The van der Waals surface area contributed by atoms with Crippen molar-refractivity contribution in [3.63, 3.8) is 0 Å². The molecule has 0 heterocycles. The van der Waals surface area contributed by atoms with Crippen LogP contribution in [-0.4, -0.2) is 0 Å².